The van der Waals surface area contributed by atoms with Crippen LogP contribution in [0.25, 0.3) is 11.1 Å². The van der Waals surface area contributed by atoms with Crippen LogP contribution in [-0.4, -0.2) is 48.8 Å². The third-order valence-corrected chi connectivity index (χ3v) is 6.81. The number of likely N-dealkylation sites (tertiary alicyclic amines) is 1. The molecule has 0 N–H and O–H groups in total. The van der Waals surface area contributed by atoms with Crippen LogP contribution in [0.4, 0.5) is 0 Å². The predicted molar refractivity (Wildman–Crippen MR) is 120 cm³/mol. The fourth-order valence-electron chi connectivity index (χ4n) is 5.03. The Kier molecular flexibility index (Phi) is 5.68. The molecule has 4 heteroatoms. The largest absolute Gasteiger partial charge is 0.348 e. The molecule has 1 aliphatic carbocycles. The third-order valence-electron chi connectivity index (χ3n) is 6.81. The Morgan fingerprint density at radius 3 is 2.40 bits per heavy atom. The van der Waals surface area contributed by atoms with Gasteiger partial charge in [0.15, 0.2) is 0 Å². The van der Waals surface area contributed by atoms with Crippen molar-refractivity contribution in [2.75, 3.05) is 27.2 Å². The monoisotopic (exact) mass is 404 g/mol. The smallest absolute Gasteiger partial charge is 0.230 e. The summed E-state index contributed by atoms with van der Waals surface area (Å²) in [5.74, 6) is 1.02. The third kappa shape index (κ3) is 4.00. The number of piperidine rings is 1. The molecule has 2 fully saturated rings. The summed E-state index contributed by atoms with van der Waals surface area (Å²) in [5, 5.41) is 0. The van der Waals surface area contributed by atoms with E-state index in [0.29, 0.717) is 18.9 Å². The van der Waals surface area contributed by atoms with E-state index in [2.05, 4.69) is 37.3 Å². The number of amides is 2. The van der Waals surface area contributed by atoms with Gasteiger partial charge in [0, 0.05) is 33.1 Å². The molecule has 0 aromatic heterocycles. The molecule has 2 aliphatic rings. The minimum absolute atomic E-state index is 0.131. The molecule has 0 radical (unpaired) electrons. The van der Waals surface area contributed by atoms with Gasteiger partial charge in [0.1, 0.15) is 0 Å². The first kappa shape index (κ1) is 20.6. The summed E-state index contributed by atoms with van der Waals surface area (Å²) in [5.41, 5.74) is 2.94. The van der Waals surface area contributed by atoms with Crippen molar-refractivity contribution in [3.05, 3.63) is 60.2 Å². The minimum Gasteiger partial charge on any atom is -0.348 e. The predicted octanol–water partition coefficient (Wildman–Crippen LogP) is 4.25. The van der Waals surface area contributed by atoms with Gasteiger partial charge in [-0.1, -0.05) is 61.5 Å². The first-order chi connectivity index (χ1) is 14.4. The van der Waals surface area contributed by atoms with Crippen molar-refractivity contribution in [1.82, 2.24) is 9.80 Å². The molecule has 0 spiro atoms. The number of hydrogen-bond acceptors (Lipinski definition) is 2. The van der Waals surface area contributed by atoms with Crippen LogP contribution >= 0.6 is 0 Å². The summed E-state index contributed by atoms with van der Waals surface area (Å²) < 4.78 is 0. The zero-order chi connectivity index (χ0) is 21.3. The maximum Gasteiger partial charge on any atom is 0.230 e. The second-order valence-corrected chi connectivity index (χ2v) is 9.36. The summed E-state index contributed by atoms with van der Waals surface area (Å²) in [6, 6.07) is 18.7. The average Bonchev–Trinajstić information content (AvgIpc) is 3.50. The molecule has 0 unspecified atom stereocenters. The van der Waals surface area contributed by atoms with Crippen molar-refractivity contribution in [2.45, 2.75) is 32.6 Å². The van der Waals surface area contributed by atoms with Gasteiger partial charge in [-0.2, -0.15) is 0 Å². The van der Waals surface area contributed by atoms with Crippen molar-refractivity contribution < 1.29 is 9.59 Å². The SMILES string of the molecule is C[C@@H]1C[C@H]1C(=O)N1CCC[C@@](Cc2ccccc2-c2ccccc2)(C(=O)N(C)C)C1. The van der Waals surface area contributed by atoms with Crippen LogP contribution in [0.5, 0.6) is 0 Å². The maximum absolute atomic E-state index is 13.5. The van der Waals surface area contributed by atoms with Gasteiger partial charge in [-0.25, -0.2) is 0 Å². The van der Waals surface area contributed by atoms with Crippen molar-refractivity contribution in [2.24, 2.45) is 17.3 Å². The highest BCUT2D eigenvalue weighted by Crippen LogP contribution is 2.43. The lowest BCUT2D eigenvalue weighted by atomic mass is 9.72. The summed E-state index contributed by atoms with van der Waals surface area (Å²) in [6.45, 7) is 3.43. The lowest BCUT2D eigenvalue weighted by Gasteiger charge is -2.43. The fourth-order valence-corrected chi connectivity index (χ4v) is 5.03. The normalized spacial score (nSPS) is 25.6. The van der Waals surface area contributed by atoms with Crippen molar-refractivity contribution in [3.8, 4) is 11.1 Å². The highest BCUT2D eigenvalue weighted by Gasteiger charge is 2.48. The van der Waals surface area contributed by atoms with Gasteiger partial charge in [-0.05, 0) is 48.3 Å². The lowest BCUT2D eigenvalue weighted by Crippen LogP contribution is -2.54. The highest BCUT2D eigenvalue weighted by atomic mass is 16.2. The summed E-state index contributed by atoms with van der Waals surface area (Å²) in [6.07, 6.45) is 3.33. The number of nitrogens with zero attached hydrogens (tertiary/aromatic N) is 2. The number of benzene rings is 2. The van der Waals surface area contributed by atoms with Crippen LogP contribution in [-0.2, 0) is 16.0 Å². The van der Waals surface area contributed by atoms with E-state index in [4.69, 9.17) is 0 Å². The van der Waals surface area contributed by atoms with E-state index >= 15 is 0 Å². The summed E-state index contributed by atoms with van der Waals surface area (Å²) in [7, 11) is 3.66. The minimum atomic E-state index is -0.569. The molecule has 158 valence electrons. The molecular weight excluding hydrogens is 372 g/mol. The summed E-state index contributed by atoms with van der Waals surface area (Å²) >= 11 is 0. The van der Waals surface area contributed by atoms with Crippen molar-refractivity contribution in [3.63, 3.8) is 0 Å². The topological polar surface area (TPSA) is 40.6 Å². The molecule has 2 amide bonds. The Balaban J connectivity index is 1.67. The quantitative estimate of drug-likeness (QED) is 0.748. The molecule has 1 saturated heterocycles. The van der Waals surface area contributed by atoms with Gasteiger partial charge in [0.05, 0.1) is 5.41 Å². The van der Waals surface area contributed by atoms with Gasteiger partial charge in [-0.3, -0.25) is 9.59 Å². The van der Waals surface area contributed by atoms with Crippen LogP contribution in [0.2, 0.25) is 0 Å². The van der Waals surface area contributed by atoms with Crippen LogP contribution in [0, 0.1) is 17.3 Å². The fraction of sp³-hybridized carbons (Fsp3) is 0.462. The van der Waals surface area contributed by atoms with E-state index in [0.717, 1.165) is 31.4 Å². The van der Waals surface area contributed by atoms with E-state index in [-0.39, 0.29) is 17.7 Å². The molecule has 2 aromatic carbocycles. The Bertz CT molecular complexity index is 924. The first-order valence-electron chi connectivity index (χ1n) is 11.1. The Hall–Kier alpha value is -2.62. The Morgan fingerprint density at radius 1 is 1.07 bits per heavy atom. The van der Waals surface area contributed by atoms with Crippen LogP contribution in [0.15, 0.2) is 54.6 Å². The number of rotatable bonds is 5. The molecule has 3 atom stereocenters. The van der Waals surface area contributed by atoms with Gasteiger partial charge < -0.3 is 9.80 Å². The zero-order valence-electron chi connectivity index (χ0n) is 18.3. The molecule has 30 heavy (non-hydrogen) atoms. The molecule has 4 nitrogen and oxygen atoms in total. The van der Waals surface area contributed by atoms with Gasteiger partial charge in [0.2, 0.25) is 11.8 Å². The van der Waals surface area contributed by atoms with Crippen molar-refractivity contribution in [1.29, 1.82) is 0 Å². The van der Waals surface area contributed by atoms with Crippen LogP contribution in [0.3, 0.4) is 0 Å². The first-order valence-corrected chi connectivity index (χ1v) is 11.1. The number of carbonyl (C=O) groups is 2. The van der Waals surface area contributed by atoms with E-state index in [1.807, 2.05) is 43.3 Å². The van der Waals surface area contributed by atoms with Gasteiger partial charge >= 0.3 is 0 Å². The maximum atomic E-state index is 13.5. The van der Waals surface area contributed by atoms with E-state index in [1.54, 1.807) is 4.90 Å². The molecule has 1 saturated carbocycles. The molecule has 1 aliphatic heterocycles. The standard InChI is InChI=1S/C26H32N2O2/c1-19-16-23(19)24(29)28-15-9-14-26(18-28,25(30)27(2)3)17-21-12-7-8-13-22(21)20-10-5-4-6-11-20/h4-8,10-13,19,23H,9,14-18H2,1-3H3/t19-,23-,26+/m1/s1. The van der Waals surface area contributed by atoms with Gasteiger partial charge in [0.25, 0.3) is 0 Å². The Labute approximate surface area is 179 Å². The molecule has 0 bridgehead atoms. The molecule has 1 heterocycles. The zero-order valence-corrected chi connectivity index (χ0v) is 18.3. The second-order valence-electron chi connectivity index (χ2n) is 9.36. The number of carbonyl (C=O) groups excluding carboxylic acids is 2. The van der Waals surface area contributed by atoms with Crippen LogP contribution in [0.1, 0.15) is 31.7 Å². The Morgan fingerprint density at radius 2 is 1.73 bits per heavy atom. The molecular formula is C26H32N2O2. The molecule has 4 rings (SSSR count). The van der Waals surface area contributed by atoms with Gasteiger partial charge in [-0.15, -0.1) is 0 Å². The van der Waals surface area contributed by atoms with E-state index < -0.39 is 5.41 Å². The molecule has 2 aromatic rings. The van der Waals surface area contributed by atoms with Crippen LogP contribution < -0.4 is 0 Å². The second kappa shape index (κ2) is 8.25. The average molecular weight is 405 g/mol. The van der Waals surface area contributed by atoms with E-state index in [1.165, 1.54) is 11.1 Å². The number of hydrogen-bond donors (Lipinski definition) is 0. The van der Waals surface area contributed by atoms with Crippen molar-refractivity contribution >= 4 is 11.8 Å². The van der Waals surface area contributed by atoms with E-state index in [9.17, 15) is 9.59 Å². The summed E-state index contributed by atoms with van der Waals surface area (Å²) in [4.78, 5) is 30.2. The lowest BCUT2D eigenvalue weighted by molar-refractivity contribution is -0.147. The highest BCUT2D eigenvalue weighted by molar-refractivity contribution is 5.86.